The van der Waals surface area contributed by atoms with Crippen LogP contribution in [-0.4, -0.2) is 62.2 Å². The van der Waals surface area contributed by atoms with Crippen LogP contribution in [0.4, 0.5) is 5.69 Å². The van der Waals surface area contributed by atoms with E-state index in [0.29, 0.717) is 5.56 Å². The highest BCUT2D eigenvalue weighted by Gasteiger charge is 2.55. The topological polar surface area (TPSA) is 145 Å². The van der Waals surface area contributed by atoms with Crippen molar-refractivity contribution in [2.24, 2.45) is 0 Å². The van der Waals surface area contributed by atoms with Gasteiger partial charge >= 0.3 is 11.9 Å². The lowest BCUT2D eigenvalue weighted by Crippen LogP contribution is -2.70. The maximum absolute atomic E-state index is 13.2. The molecule has 2 aliphatic rings. The van der Waals surface area contributed by atoms with Crippen molar-refractivity contribution in [2.45, 2.75) is 36.2 Å². The van der Waals surface area contributed by atoms with Gasteiger partial charge in [-0.15, -0.1) is 23.1 Å². The molecule has 2 amide bonds. The third-order valence-corrected chi connectivity index (χ3v) is 8.02. The SMILES string of the molecule is CC(Br)COC(=O)C1=C(C(=O)OCc2ccc([N+](=O)[O-])cc2)N2C(=O)C(NC(=O)Cc3cccs3)[C@@H]2SC1. The molecule has 3 atom stereocenters. The number of hydrogen-bond acceptors (Lipinski definition) is 10. The minimum atomic E-state index is -0.913. The highest BCUT2D eigenvalue weighted by atomic mass is 79.9. The van der Waals surface area contributed by atoms with Gasteiger partial charge < -0.3 is 14.8 Å². The van der Waals surface area contributed by atoms with Crippen molar-refractivity contribution in [3.63, 3.8) is 0 Å². The Balaban J connectivity index is 1.50. The maximum Gasteiger partial charge on any atom is 0.356 e. The number of carbonyl (C=O) groups is 4. The van der Waals surface area contributed by atoms with Gasteiger partial charge in [-0.25, -0.2) is 9.59 Å². The molecule has 38 heavy (non-hydrogen) atoms. The molecule has 11 nitrogen and oxygen atoms in total. The van der Waals surface area contributed by atoms with E-state index in [2.05, 4.69) is 21.2 Å². The number of β-lactam (4-membered cyclic amide) rings is 1. The van der Waals surface area contributed by atoms with Crippen molar-refractivity contribution in [1.29, 1.82) is 0 Å². The lowest BCUT2D eigenvalue weighted by molar-refractivity contribution is -0.384. The van der Waals surface area contributed by atoms with Gasteiger partial charge in [0, 0.05) is 27.6 Å². The number of esters is 2. The zero-order chi connectivity index (χ0) is 27.4. The van der Waals surface area contributed by atoms with Crippen LogP contribution in [0.1, 0.15) is 17.4 Å². The molecule has 0 aliphatic carbocycles. The van der Waals surface area contributed by atoms with Crippen molar-refractivity contribution < 1.29 is 33.6 Å². The van der Waals surface area contributed by atoms with Gasteiger partial charge in [-0.3, -0.25) is 24.6 Å². The van der Waals surface area contributed by atoms with E-state index in [9.17, 15) is 29.3 Å². The molecule has 200 valence electrons. The molecule has 1 aromatic carbocycles. The predicted octanol–water partition coefficient (Wildman–Crippen LogP) is 2.92. The van der Waals surface area contributed by atoms with Gasteiger partial charge in [-0.2, -0.15) is 0 Å². The first-order valence-corrected chi connectivity index (χ1v) is 14.2. The molecule has 2 aliphatic heterocycles. The third-order valence-electron chi connectivity index (χ3n) is 5.60. The minimum absolute atomic E-state index is 0.00943. The van der Waals surface area contributed by atoms with Crippen LogP contribution in [0.25, 0.3) is 0 Å². The van der Waals surface area contributed by atoms with Crippen molar-refractivity contribution >= 4 is 68.5 Å². The molecule has 0 bridgehead atoms. The van der Waals surface area contributed by atoms with Crippen LogP contribution in [0, 0.1) is 10.1 Å². The number of thiophene rings is 1. The number of benzene rings is 1. The van der Waals surface area contributed by atoms with E-state index in [4.69, 9.17) is 9.47 Å². The molecule has 1 saturated heterocycles. The summed E-state index contributed by atoms with van der Waals surface area (Å²) in [5, 5.41) is 14.8. The van der Waals surface area contributed by atoms with Gasteiger partial charge in [0.1, 0.15) is 30.3 Å². The summed E-state index contributed by atoms with van der Waals surface area (Å²) < 4.78 is 10.7. The lowest BCUT2D eigenvalue weighted by atomic mass is 10.0. The molecule has 1 N–H and O–H groups in total. The first-order valence-electron chi connectivity index (χ1n) is 11.4. The van der Waals surface area contributed by atoms with E-state index in [-0.39, 0.29) is 53.1 Å². The highest BCUT2D eigenvalue weighted by molar-refractivity contribution is 9.09. The second kappa shape index (κ2) is 12.1. The lowest BCUT2D eigenvalue weighted by Gasteiger charge is -2.49. The summed E-state index contributed by atoms with van der Waals surface area (Å²) in [5.74, 6) is -2.45. The molecule has 0 saturated carbocycles. The first kappa shape index (κ1) is 27.8. The molecule has 3 heterocycles. The Morgan fingerprint density at radius 1 is 1.21 bits per heavy atom. The molecule has 2 unspecified atom stereocenters. The number of nitro groups is 1. The number of nitrogens with zero attached hydrogens (tertiary/aromatic N) is 2. The van der Waals surface area contributed by atoms with Crippen molar-refractivity contribution in [1.82, 2.24) is 10.2 Å². The average molecular weight is 624 g/mol. The number of hydrogen-bond donors (Lipinski definition) is 1. The largest absolute Gasteiger partial charge is 0.461 e. The van der Waals surface area contributed by atoms with Crippen molar-refractivity contribution in [3.8, 4) is 0 Å². The summed E-state index contributed by atoms with van der Waals surface area (Å²) in [6, 6.07) is 8.24. The fourth-order valence-electron chi connectivity index (χ4n) is 3.77. The molecule has 0 spiro atoms. The second-order valence-corrected chi connectivity index (χ2v) is 12.1. The number of carbonyl (C=O) groups excluding carboxylic acids is 4. The summed E-state index contributed by atoms with van der Waals surface area (Å²) in [6.45, 7) is 1.61. The van der Waals surface area contributed by atoms with E-state index in [0.717, 1.165) is 9.78 Å². The molecule has 2 aromatic rings. The quantitative estimate of drug-likeness (QED) is 0.139. The number of non-ortho nitro benzene ring substituents is 1. The second-order valence-electron chi connectivity index (χ2n) is 8.42. The molecule has 14 heteroatoms. The number of nitrogens with one attached hydrogen (secondary N) is 1. The van der Waals surface area contributed by atoms with E-state index < -0.39 is 34.2 Å². The van der Waals surface area contributed by atoms with Crippen molar-refractivity contribution in [2.75, 3.05) is 12.4 Å². The zero-order valence-electron chi connectivity index (χ0n) is 20.0. The van der Waals surface area contributed by atoms with Gasteiger partial charge in [-0.1, -0.05) is 22.0 Å². The highest BCUT2D eigenvalue weighted by Crippen LogP contribution is 2.41. The summed E-state index contributed by atoms with van der Waals surface area (Å²) in [5.41, 5.74) is 0.137. The summed E-state index contributed by atoms with van der Waals surface area (Å²) in [7, 11) is 0. The molecule has 1 fully saturated rings. The Kier molecular flexibility index (Phi) is 8.84. The number of fused-ring (bicyclic) bond motifs is 1. The maximum atomic E-state index is 13.2. The fourth-order valence-corrected chi connectivity index (χ4v) is 5.93. The van der Waals surface area contributed by atoms with Crippen LogP contribution in [0.2, 0.25) is 0 Å². The standard InChI is InChI=1S/C24H22BrN3O8S2/c1-13(25)10-35-23(31)17-12-38-22-19(26-18(29)9-16-3-2-8-37-16)21(30)27(22)20(17)24(32)36-11-14-4-6-15(7-5-14)28(33)34/h2-8,13,19,22H,9-12H2,1H3,(H,26,29)/t13?,19?,22-/m0/s1. The number of rotatable bonds is 10. The summed E-state index contributed by atoms with van der Waals surface area (Å²) in [6.07, 6.45) is 0.126. The van der Waals surface area contributed by atoms with Gasteiger partial charge in [0.25, 0.3) is 11.6 Å². The Hall–Kier alpha value is -3.23. The smallest absolute Gasteiger partial charge is 0.356 e. The molecule has 4 rings (SSSR count). The predicted molar refractivity (Wildman–Crippen MR) is 142 cm³/mol. The van der Waals surface area contributed by atoms with Crippen LogP contribution in [0.5, 0.6) is 0 Å². The Bertz CT molecular complexity index is 1280. The van der Waals surface area contributed by atoms with Gasteiger partial charge in [0.15, 0.2) is 0 Å². The number of ether oxygens (including phenoxy) is 2. The van der Waals surface area contributed by atoms with E-state index in [1.165, 1.54) is 47.4 Å². The molecule has 1 aromatic heterocycles. The van der Waals surface area contributed by atoms with Gasteiger partial charge in [0.2, 0.25) is 5.91 Å². The summed E-state index contributed by atoms with van der Waals surface area (Å²) >= 11 is 5.96. The zero-order valence-corrected chi connectivity index (χ0v) is 23.2. The van der Waals surface area contributed by atoms with E-state index in [1.807, 2.05) is 17.5 Å². The van der Waals surface area contributed by atoms with Crippen molar-refractivity contribution in [3.05, 3.63) is 73.6 Å². The molecular weight excluding hydrogens is 602 g/mol. The summed E-state index contributed by atoms with van der Waals surface area (Å²) in [4.78, 5) is 63.8. The number of halogens is 1. The van der Waals surface area contributed by atoms with Gasteiger partial charge in [-0.05, 0) is 36.1 Å². The van der Waals surface area contributed by atoms with Crippen LogP contribution in [0.15, 0.2) is 53.0 Å². The molecular formula is C24H22BrN3O8S2. The average Bonchev–Trinajstić information content (AvgIpc) is 3.41. The third kappa shape index (κ3) is 6.25. The fraction of sp³-hybridized carbons (Fsp3) is 0.333. The van der Waals surface area contributed by atoms with Crippen LogP contribution < -0.4 is 5.32 Å². The van der Waals surface area contributed by atoms with E-state index in [1.54, 1.807) is 6.92 Å². The number of thioether (sulfide) groups is 1. The van der Waals surface area contributed by atoms with Gasteiger partial charge in [0.05, 0.1) is 16.9 Å². The Labute approximate surface area is 233 Å². The Morgan fingerprint density at radius 2 is 1.95 bits per heavy atom. The normalized spacial score (nSPS) is 19.2. The van der Waals surface area contributed by atoms with Crippen LogP contribution in [-0.2, 0) is 41.7 Å². The van der Waals surface area contributed by atoms with Crippen LogP contribution in [0.3, 0.4) is 0 Å². The number of nitro benzene ring substituents is 1. The molecule has 0 radical (unpaired) electrons. The minimum Gasteiger partial charge on any atom is -0.461 e. The van der Waals surface area contributed by atoms with E-state index >= 15 is 0 Å². The Morgan fingerprint density at radius 3 is 2.58 bits per heavy atom. The first-order chi connectivity index (χ1) is 18.2. The monoisotopic (exact) mass is 623 g/mol. The number of alkyl halides is 1. The number of amides is 2. The van der Waals surface area contributed by atoms with Crippen LogP contribution >= 0.6 is 39.0 Å².